The summed E-state index contributed by atoms with van der Waals surface area (Å²) in [7, 11) is 0. The Morgan fingerprint density at radius 3 is 2.30 bits per heavy atom. The molecule has 0 spiro atoms. The highest BCUT2D eigenvalue weighted by molar-refractivity contribution is 6.30. The van der Waals surface area contributed by atoms with E-state index in [4.69, 9.17) is 11.6 Å². The SMILES string of the molecule is Cc1c(-c2ccncc2)n[nH]c1N1C(=O)CC(c2ccc(Cl)cc2)CC1=O. The zero-order valence-electron chi connectivity index (χ0n) is 14.6. The fourth-order valence-corrected chi connectivity index (χ4v) is 3.56. The average Bonchev–Trinajstić information content (AvgIpc) is 3.04. The summed E-state index contributed by atoms with van der Waals surface area (Å²) in [5, 5.41) is 7.80. The lowest BCUT2D eigenvalue weighted by Crippen LogP contribution is -2.43. The van der Waals surface area contributed by atoms with Gasteiger partial charge in [-0.3, -0.25) is 19.7 Å². The van der Waals surface area contributed by atoms with E-state index in [1.807, 2.05) is 31.2 Å². The molecular formula is C20H17ClN4O2. The number of halogens is 1. The van der Waals surface area contributed by atoms with Gasteiger partial charge in [0, 0.05) is 47.3 Å². The molecular weight excluding hydrogens is 364 g/mol. The molecule has 1 saturated heterocycles. The predicted molar refractivity (Wildman–Crippen MR) is 102 cm³/mol. The van der Waals surface area contributed by atoms with Gasteiger partial charge in [-0.2, -0.15) is 5.10 Å². The van der Waals surface area contributed by atoms with Gasteiger partial charge < -0.3 is 0 Å². The van der Waals surface area contributed by atoms with Crippen LogP contribution in [0.3, 0.4) is 0 Å². The second-order valence-electron chi connectivity index (χ2n) is 6.56. The first kappa shape index (κ1) is 17.4. The van der Waals surface area contributed by atoms with Crippen molar-refractivity contribution in [3.05, 3.63) is 64.9 Å². The third-order valence-corrected chi connectivity index (χ3v) is 5.10. The van der Waals surface area contributed by atoms with Crippen LogP contribution in [0.5, 0.6) is 0 Å². The lowest BCUT2D eigenvalue weighted by molar-refractivity contribution is -0.129. The molecule has 2 amide bonds. The number of amides is 2. The number of benzene rings is 1. The molecule has 0 unspecified atom stereocenters. The maximum Gasteiger partial charge on any atom is 0.235 e. The molecule has 1 N–H and O–H groups in total. The fourth-order valence-electron chi connectivity index (χ4n) is 3.43. The van der Waals surface area contributed by atoms with Crippen molar-refractivity contribution in [1.82, 2.24) is 15.2 Å². The van der Waals surface area contributed by atoms with Crippen LogP contribution in [0.2, 0.25) is 5.02 Å². The van der Waals surface area contributed by atoms with Crippen molar-refractivity contribution in [2.75, 3.05) is 4.90 Å². The number of H-pyrrole nitrogens is 1. The number of nitrogens with one attached hydrogen (secondary N) is 1. The minimum absolute atomic E-state index is 0.138. The summed E-state index contributed by atoms with van der Waals surface area (Å²) in [6.45, 7) is 1.85. The van der Waals surface area contributed by atoms with E-state index in [0.29, 0.717) is 16.5 Å². The third-order valence-electron chi connectivity index (χ3n) is 4.84. The quantitative estimate of drug-likeness (QED) is 0.699. The van der Waals surface area contributed by atoms with Crippen molar-refractivity contribution >= 4 is 29.2 Å². The molecule has 136 valence electrons. The molecule has 0 aliphatic carbocycles. The minimum atomic E-state index is -0.237. The van der Waals surface area contributed by atoms with Gasteiger partial charge in [-0.15, -0.1) is 0 Å². The number of imide groups is 1. The number of rotatable bonds is 3. The summed E-state index contributed by atoms with van der Waals surface area (Å²) in [6, 6.07) is 11.0. The molecule has 3 heterocycles. The van der Waals surface area contributed by atoms with Gasteiger partial charge in [-0.25, -0.2) is 4.90 Å². The number of anilines is 1. The van der Waals surface area contributed by atoms with Crippen LogP contribution in [-0.2, 0) is 9.59 Å². The number of piperidine rings is 1. The van der Waals surface area contributed by atoms with Crippen molar-refractivity contribution in [3.8, 4) is 11.3 Å². The highest BCUT2D eigenvalue weighted by atomic mass is 35.5. The van der Waals surface area contributed by atoms with Crippen molar-refractivity contribution in [1.29, 1.82) is 0 Å². The largest absolute Gasteiger partial charge is 0.274 e. The molecule has 27 heavy (non-hydrogen) atoms. The molecule has 1 fully saturated rings. The van der Waals surface area contributed by atoms with Gasteiger partial charge in [-0.1, -0.05) is 23.7 Å². The molecule has 0 atom stereocenters. The summed E-state index contributed by atoms with van der Waals surface area (Å²) in [4.78, 5) is 30.8. The number of hydrogen-bond donors (Lipinski definition) is 1. The van der Waals surface area contributed by atoms with Crippen LogP contribution >= 0.6 is 11.6 Å². The number of hydrogen-bond acceptors (Lipinski definition) is 4. The van der Waals surface area contributed by atoms with E-state index in [2.05, 4.69) is 15.2 Å². The number of carbonyl (C=O) groups is 2. The summed E-state index contributed by atoms with van der Waals surface area (Å²) in [6.07, 6.45) is 3.88. The topological polar surface area (TPSA) is 79.0 Å². The molecule has 4 rings (SSSR count). The third kappa shape index (κ3) is 3.24. The Morgan fingerprint density at radius 2 is 1.67 bits per heavy atom. The molecule has 0 radical (unpaired) electrons. The molecule has 0 bridgehead atoms. The Labute approximate surface area is 161 Å². The van der Waals surface area contributed by atoms with Crippen LogP contribution in [0.15, 0.2) is 48.8 Å². The van der Waals surface area contributed by atoms with Crippen LogP contribution in [0.25, 0.3) is 11.3 Å². The van der Waals surface area contributed by atoms with Gasteiger partial charge in [0.15, 0.2) is 0 Å². The van der Waals surface area contributed by atoms with Crippen molar-refractivity contribution in [2.24, 2.45) is 0 Å². The summed E-state index contributed by atoms with van der Waals surface area (Å²) < 4.78 is 0. The zero-order chi connectivity index (χ0) is 19.0. The summed E-state index contributed by atoms with van der Waals surface area (Å²) in [5.74, 6) is -0.175. The molecule has 2 aromatic heterocycles. The van der Waals surface area contributed by atoms with Crippen LogP contribution in [0, 0.1) is 6.92 Å². The van der Waals surface area contributed by atoms with Gasteiger partial charge in [0.05, 0.1) is 5.69 Å². The summed E-state index contributed by atoms with van der Waals surface area (Å²) in [5.41, 5.74) is 3.28. The Kier molecular flexibility index (Phi) is 4.49. The van der Waals surface area contributed by atoms with E-state index < -0.39 is 0 Å². The van der Waals surface area contributed by atoms with Gasteiger partial charge in [0.2, 0.25) is 11.8 Å². The van der Waals surface area contributed by atoms with Crippen LogP contribution in [-0.4, -0.2) is 27.0 Å². The first-order chi connectivity index (χ1) is 13.0. The van der Waals surface area contributed by atoms with E-state index >= 15 is 0 Å². The number of aromatic nitrogens is 3. The van der Waals surface area contributed by atoms with Gasteiger partial charge in [-0.05, 0) is 36.8 Å². The smallest absolute Gasteiger partial charge is 0.235 e. The summed E-state index contributed by atoms with van der Waals surface area (Å²) >= 11 is 5.92. The van der Waals surface area contributed by atoms with Crippen LogP contribution in [0.4, 0.5) is 5.82 Å². The van der Waals surface area contributed by atoms with Gasteiger partial charge in [0.1, 0.15) is 5.82 Å². The second kappa shape index (κ2) is 6.96. The van der Waals surface area contributed by atoms with Crippen molar-refractivity contribution < 1.29 is 9.59 Å². The standard InChI is InChI=1S/C20H17ClN4O2/c1-12-19(14-6-8-22-9-7-14)23-24-20(12)25-17(26)10-15(11-18(25)27)13-2-4-16(21)5-3-13/h2-9,15H,10-11H2,1H3,(H,23,24). The first-order valence-corrected chi connectivity index (χ1v) is 8.99. The Balaban J connectivity index is 1.61. The number of carbonyl (C=O) groups excluding carboxylic acids is 2. The van der Waals surface area contributed by atoms with E-state index in [1.54, 1.807) is 24.5 Å². The van der Waals surface area contributed by atoms with Crippen molar-refractivity contribution in [2.45, 2.75) is 25.7 Å². The van der Waals surface area contributed by atoms with Gasteiger partial charge >= 0.3 is 0 Å². The predicted octanol–water partition coefficient (Wildman–Crippen LogP) is 3.87. The van der Waals surface area contributed by atoms with Gasteiger partial charge in [0.25, 0.3) is 0 Å². The van der Waals surface area contributed by atoms with Crippen LogP contribution in [0.1, 0.15) is 29.9 Å². The lowest BCUT2D eigenvalue weighted by Gasteiger charge is -2.29. The van der Waals surface area contributed by atoms with Crippen LogP contribution < -0.4 is 4.90 Å². The first-order valence-electron chi connectivity index (χ1n) is 8.61. The Hall–Kier alpha value is -2.99. The molecule has 6 nitrogen and oxygen atoms in total. The maximum absolute atomic E-state index is 12.8. The number of aromatic amines is 1. The molecule has 1 aliphatic heterocycles. The highest BCUT2D eigenvalue weighted by Crippen LogP contribution is 2.35. The van der Waals surface area contributed by atoms with E-state index in [9.17, 15) is 9.59 Å². The monoisotopic (exact) mass is 380 g/mol. The maximum atomic E-state index is 12.8. The fraction of sp³-hybridized carbons (Fsp3) is 0.200. The van der Waals surface area contributed by atoms with E-state index in [1.165, 1.54) is 4.90 Å². The Bertz CT molecular complexity index is 981. The molecule has 7 heteroatoms. The second-order valence-corrected chi connectivity index (χ2v) is 7.00. The van der Waals surface area contributed by atoms with E-state index in [0.717, 1.165) is 16.7 Å². The van der Waals surface area contributed by atoms with E-state index in [-0.39, 0.29) is 30.6 Å². The molecule has 1 aliphatic rings. The number of pyridine rings is 1. The average molecular weight is 381 g/mol. The van der Waals surface area contributed by atoms with Crippen molar-refractivity contribution in [3.63, 3.8) is 0 Å². The molecule has 1 aromatic carbocycles. The highest BCUT2D eigenvalue weighted by Gasteiger charge is 2.36. The molecule has 0 saturated carbocycles. The zero-order valence-corrected chi connectivity index (χ0v) is 15.4. The minimum Gasteiger partial charge on any atom is -0.274 e. The normalized spacial score (nSPS) is 15.4. The number of nitrogens with zero attached hydrogens (tertiary/aromatic N) is 3. The molecule has 3 aromatic rings. The lowest BCUT2D eigenvalue weighted by atomic mass is 9.88. The Morgan fingerprint density at radius 1 is 1.04 bits per heavy atom.